The van der Waals surface area contributed by atoms with Gasteiger partial charge in [-0.05, 0) is 36.8 Å². The van der Waals surface area contributed by atoms with E-state index in [0.717, 1.165) is 17.0 Å². The Balaban J connectivity index is 1.67. The molecule has 0 bridgehead atoms. The van der Waals surface area contributed by atoms with Crippen LogP contribution in [0.1, 0.15) is 42.5 Å². The van der Waals surface area contributed by atoms with Crippen LogP contribution >= 0.6 is 11.3 Å². The van der Waals surface area contributed by atoms with Crippen LogP contribution in [0.15, 0.2) is 42.6 Å². The van der Waals surface area contributed by atoms with Crippen molar-refractivity contribution in [3.63, 3.8) is 0 Å². The van der Waals surface area contributed by atoms with Crippen molar-refractivity contribution in [2.75, 3.05) is 19.4 Å². The zero-order valence-electron chi connectivity index (χ0n) is 16.9. The molecule has 0 radical (unpaired) electrons. The lowest BCUT2D eigenvalue weighted by Gasteiger charge is -2.11. The van der Waals surface area contributed by atoms with Crippen molar-refractivity contribution in [1.29, 1.82) is 0 Å². The second-order valence-corrected chi connectivity index (χ2v) is 8.10. The number of hydrogen-bond acceptors (Lipinski definition) is 5. The van der Waals surface area contributed by atoms with Gasteiger partial charge >= 0.3 is 6.18 Å². The first-order chi connectivity index (χ1) is 14.5. The molecule has 0 atom stereocenters. The zero-order chi connectivity index (χ0) is 22.8. The molecule has 6 nitrogen and oxygen atoms in total. The Morgan fingerprint density at radius 3 is 2.35 bits per heavy atom. The first kappa shape index (κ1) is 22.4. The molecule has 3 aromatic rings. The Hall–Kier alpha value is -3.27. The van der Waals surface area contributed by atoms with Crippen LogP contribution in [-0.2, 0) is 12.6 Å². The van der Waals surface area contributed by atoms with E-state index in [1.54, 1.807) is 27.2 Å². The highest BCUT2D eigenvalue weighted by atomic mass is 32.1. The van der Waals surface area contributed by atoms with E-state index in [2.05, 4.69) is 15.3 Å². The van der Waals surface area contributed by atoms with Crippen molar-refractivity contribution in [3.05, 3.63) is 75.6 Å². The summed E-state index contributed by atoms with van der Waals surface area (Å²) in [5, 5.41) is 3.05. The van der Waals surface area contributed by atoms with Crippen LogP contribution in [-0.4, -0.2) is 40.8 Å². The molecule has 1 N–H and O–H groups in total. The number of hydrogen-bond donors (Lipinski definition) is 1. The molecule has 0 aliphatic heterocycles. The van der Waals surface area contributed by atoms with E-state index in [0.29, 0.717) is 28.4 Å². The number of halogens is 3. The van der Waals surface area contributed by atoms with Crippen molar-refractivity contribution >= 4 is 28.3 Å². The molecule has 0 saturated heterocycles. The number of rotatable bonds is 5. The third kappa shape index (κ3) is 5.46. The van der Waals surface area contributed by atoms with Gasteiger partial charge in [0, 0.05) is 31.6 Å². The van der Waals surface area contributed by atoms with E-state index in [1.807, 2.05) is 0 Å². The van der Waals surface area contributed by atoms with Crippen molar-refractivity contribution in [3.8, 4) is 0 Å². The molecule has 0 fully saturated rings. The van der Waals surface area contributed by atoms with Crippen LogP contribution < -0.4 is 5.32 Å². The number of amides is 2. The number of aromatic nitrogens is 2. The molecule has 0 aliphatic rings. The first-order valence-corrected chi connectivity index (χ1v) is 9.97. The number of anilines is 1. The lowest BCUT2D eigenvalue weighted by Crippen LogP contribution is -2.23. The molecule has 31 heavy (non-hydrogen) atoms. The van der Waals surface area contributed by atoms with E-state index >= 15 is 0 Å². The molecule has 2 amide bonds. The average Bonchev–Trinajstić information content (AvgIpc) is 3.13. The van der Waals surface area contributed by atoms with Crippen molar-refractivity contribution < 1.29 is 22.8 Å². The SMILES string of the molecule is Cc1nc(C(=O)N(C)C)ccc1C(=O)Nc1ncc(Cc2ccc(C(F)(F)F)cc2)s1. The summed E-state index contributed by atoms with van der Waals surface area (Å²) in [4.78, 5) is 35.1. The fourth-order valence-electron chi connectivity index (χ4n) is 2.77. The number of aryl methyl sites for hydroxylation is 1. The summed E-state index contributed by atoms with van der Waals surface area (Å²) >= 11 is 1.23. The Bertz CT molecular complexity index is 1110. The number of thiazole rings is 1. The van der Waals surface area contributed by atoms with Crippen LogP contribution in [0.2, 0.25) is 0 Å². The van der Waals surface area contributed by atoms with Gasteiger partial charge in [0.1, 0.15) is 5.69 Å². The summed E-state index contributed by atoms with van der Waals surface area (Å²) in [6.45, 7) is 1.64. The van der Waals surface area contributed by atoms with Crippen molar-refractivity contribution in [2.45, 2.75) is 19.5 Å². The smallest absolute Gasteiger partial charge is 0.343 e. The Morgan fingerprint density at radius 2 is 1.77 bits per heavy atom. The standard InChI is InChI=1S/C21H19F3N4O2S/c1-12-16(8-9-17(26-12)19(30)28(2)3)18(29)27-20-25-11-15(31-20)10-13-4-6-14(7-5-13)21(22,23)24/h4-9,11H,10H2,1-3H3,(H,25,27,29). The van der Waals surface area contributed by atoms with Gasteiger partial charge in [-0.1, -0.05) is 12.1 Å². The molecule has 3 rings (SSSR count). The van der Waals surface area contributed by atoms with E-state index < -0.39 is 17.6 Å². The lowest BCUT2D eigenvalue weighted by atomic mass is 10.1. The summed E-state index contributed by atoms with van der Waals surface area (Å²) < 4.78 is 38.0. The molecular formula is C21H19F3N4O2S. The predicted octanol–water partition coefficient (Wildman–Crippen LogP) is 4.41. The summed E-state index contributed by atoms with van der Waals surface area (Å²) in [6.07, 6.45) is -2.40. The highest BCUT2D eigenvalue weighted by Crippen LogP contribution is 2.30. The van der Waals surface area contributed by atoms with Crippen molar-refractivity contribution in [1.82, 2.24) is 14.9 Å². The van der Waals surface area contributed by atoms with Crippen LogP contribution in [0.5, 0.6) is 0 Å². The van der Waals surface area contributed by atoms with Gasteiger partial charge in [0.25, 0.3) is 11.8 Å². The average molecular weight is 448 g/mol. The number of carbonyl (C=O) groups excluding carboxylic acids is 2. The number of pyridine rings is 1. The molecule has 0 unspecified atom stereocenters. The summed E-state index contributed by atoms with van der Waals surface area (Å²) in [6, 6.07) is 7.95. The quantitative estimate of drug-likeness (QED) is 0.628. The molecule has 2 aromatic heterocycles. The maximum atomic E-state index is 12.7. The minimum atomic E-state index is -4.37. The van der Waals surface area contributed by atoms with Gasteiger partial charge in [-0.15, -0.1) is 11.3 Å². The number of nitrogens with zero attached hydrogens (tertiary/aromatic N) is 3. The van der Waals surface area contributed by atoms with Crippen LogP contribution in [0, 0.1) is 6.92 Å². The molecule has 10 heteroatoms. The predicted molar refractivity (Wildman–Crippen MR) is 111 cm³/mol. The van der Waals surface area contributed by atoms with E-state index in [9.17, 15) is 22.8 Å². The Labute approximate surface area is 180 Å². The van der Waals surface area contributed by atoms with Gasteiger partial charge in [-0.3, -0.25) is 14.9 Å². The van der Waals surface area contributed by atoms with Gasteiger partial charge in [0.2, 0.25) is 0 Å². The highest BCUT2D eigenvalue weighted by molar-refractivity contribution is 7.15. The molecule has 0 spiro atoms. The van der Waals surface area contributed by atoms with Gasteiger partial charge in [0.05, 0.1) is 16.8 Å². The van der Waals surface area contributed by atoms with E-state index in [1.165, 1.54) is 40.5 Å². The third-order valence-corrected chi connectivity index (χ3v) is 5.30. The minimum Gasteiger partial charge on any atom is -0.343 e. The van der Waals surface area contributed by atoms with Gasteiger partial charge in [-0.2, -0.15) is 13.2 Å². The second-order valence-electron chi connectivity index (χ2n) is 6.99. The monoisotopic (exact) mass is 448 g/mol. The molecule has 0 saturated carbocycles. The second kappa shape index (κ2) is 8.84. The summed E-state index contributed by atoms with van der Waals surface area (Å²) in [5.74, 6) is -0.674. The van der Waals surface area contributed by atoms with Crippen LogP contribution in [0.4, 0.5) is 18.3 Å². The molecule has 0 aliphatic carbocycles. The Morgan fingerprint density at radius 1 is 1.10 bits per heavy atom. The fourth-order valence-corrected chi connectivity index (χ4v) is 3.62. The maximum Gasteiger partial charge on any atom is 0.416 e. The number of alkyl halides is 3. The Kier molecular flexibility index (Phi) is 6.40. The van der Waals surface area contributed by atoms with Crippen molar-refractivity contribution in [2.24, 2.45) is 0 Å². The molecule has 1 aromatic carbocycles. The molecular weight excluding hydrogens is 429 g/mol. The molecule has 2 heterocycles. The van der Waals surface area contributed by atoms with Gasteiger partial charge in [0.15, 0.2) is 5.13 Å². The maximum absolute atomic E-state index is 12.7. The lowest BCUT2D eigenvalue weighted by molar-refractivity contribution is -0.137. The number of benzene rings is 1. The van der Waals surface area contributed by atoms with Crippen LogP contribution in [0.3, 0.4) is 0 Å². The first-order valence-electron chi connectivity index (χ1n) is 9.16. The van der Waals surface area contributed by atoms with E-state index in [4.69, 9.17) is 0 Å². The highest BCUT2D eigenvalue weighted by Gasteiger charge is 2.29. The summed E-state index contributed by atoms with van der Waals surface area (Å²) in [5.41, 5.74) is 0.972. The van der Waals surface area contributed by atoms with Gasteiger partial charge in [-0.25, -0.2) is 9.97 Å². The minimum absolute atomic E-state index is 0.243. The van der Waals surface area contributed by atoms with Gasteiger partial charge < -0.3 is 4.90 Å². The fraction of sp³-hybridized carbons (Fsp3) is 0.238. The number of carbonyl (C=O) groups is 2. The normalized spacial score (nSPS) is 11.3. The van der Waals surface area contributed by atoms with E-state index in [-0.39, 0.29) is 11.6 Å². The molecule has 162 valence electrons. The summed E-state index contributed by atoms with van der Waals surface area (Å²) in [7, 11) is 3.23. The topological polar surface area (TPSA) is 75.2 Å². The largest absolute Gasteiger partial charge is 0.416 e. The van der Waals surface area contributed by atoms with Crippen LogP contribution in [0.25, 0.3) is 0 Å². The zero-order valence-corrected chi connectivity index (χ0v) is 17.8. The number of nitrogens with one attached hydrogen (secondary N) is 1. The third-order valence-electron chi connectivity index (χ3n) is 4.39.